The van der Waals surface area contributed by atoms with Crippen LogP contribution in [0.2, 0.25) is 0 Å². The monoisotopic (exact) mass is 334 g/mol. The average Bonchev–Trinajstić information content (AvgIpc) is 2.64. The molecule has 1 saturated heterocycles. The molecule has 1 atom stereocenters. The number of nitrogens with one attached hydrogen (secondary N) is 2. The number of nitriles is 1. The highest BCUT2D eigenvalue weighted by Crippen LogP contribution is 2.20. The number of piperazine rings is 1. The topological polar surface area (TPSA) is 85.2 Å². The van der Waals surface area contributed by atoms with Gasteiger partial charge >= 0.3 is 0 Å². The fraction of sp³-hybridized carbons (Fsp3) is 0.211. The maximum atomic E-state index is 12.7. The van der Waals surface area contributed by atoms with E-state index in [9.17, 15) is 9.59 Å². The Morgan fingerprint density at radius 3 is 2.72 bits per heavy atom. The van der Waals surface area contributed by atoms with E-state index in [-0.39, 0.29) is 11.8 Å². The minimum atomic E-state index is -0.476. The molecule has 2 amide bonds. The Labute approximate surface area is 146 Å². The molecule has 25 heavy (non-hydrogen) atoms. The molecule has 1 aliphatic heterocycles. The first-order chi connectivity index (χ1) is 12.1. The van der Waals surface area contributed by atoms with Crippen molar-refractivity contribution in [2.24, 2.45) is 0 Å². The van der Waals surface area contributed by atoms with Crippen LogP contribution in [0.15, 0.2) is 48.5 Å². The zero-order valence-corrected chi connectivity index (χ0v) is 13.8. The molecule has 0 aliphatic carbocycles. The summed E-state index contributed by atoms with van der Waals surface area (Å²) < 4.78 is 0. The maximum absolute atomic E-state index is 12.7. The minimum Gasteiger partial charge on any atom is -0.356 e. The van der Waals surface area contributed by atoms with E-state index in [4.69, 9.17) is 5.26 Å². The Balaban J connectivity index is 1.77. The van der Waals surface area contributed by atoms with Crippen molar-refractivity contribution < 1.29 is 9.59 Å². The van der Waals surface area contributed by atoms with Crippen molar-refractivity contribution in [3.8, 4) is 6.07 Å². The largest absolute Gasteiger partial charge is 0.356 e. The van der Waals surface area contributed by atoms with E-state index in [0.29, 0.717) is 24.2 Å². The second kappa shape index (κ2) is 7.05. The van der Waals surface area contributed by atoms with Gasteiger partial charge in [0.15, 0.2) is 0 Å². The van der Waals surface area contributed by atoms with E-state index < -0.39 is 6.04 Å². The second-order valence-electron chi connectivity index (χ2n) is 5.86. The van der Waals surface area contributed by atoms with Crippen molar-refractivity contribution in [3.05, 3.63) is 59.7 Å². The standard InChI is InChI=1S/C19H18N4O2/c1-13-18(24)21-9-10-23(13)19(25)15-3-2-4-17(11-15)22-16-7-5-14(12-20)6-8-16/h2-8,11,13,22H,9-10H2,1H3,(H,21,24)/t13-/m0/s1. The lowest BCUT2D eigenvalue weighted by atomic mass is 10.1. The Morgan fingerprint density at radius 2 is 2.00 bits per heavy atom. The van der Waals surface area contributed by atoms with Crippen molar-refractivity contribution in [3.63, 3.8) is 0 Å². The first kappa shape index (κ1) is 16.5. The van der Waals surface area contributed by atoms with Crippen molar-refractivity contribution in [1.82, 2.24) is 10.2 Å². The first-order valence-corrected chi connectivity index (χ1v) is 8.04. The van der Waals surface area contributed by atoms with Crippen molar-refractivity contribution in [2.75, 3.05) is 18.4 Å². The molecule has 0 bridgehead atoms. The van der Waals surface area contributed by atoms with Gasteiger partial charge in [0, 0.05) is 30.0 Å². The molecular weight excluding hydrogens is 316 g/mol. The number of carbonyl (C=O) groups excluding carboxylic acids is 2. The number of carbonyl (C=O) groups is 2. The lowest BCUT2D eigenvalue weighted by Gasteiger charge is -2.32. The zero-order valence-electron chi connectivity index (χ0n) is 13.8. The van der Waals surface area contributed by atoms with E-state index in [1.165, 1.54) is 0 Å². The summed E-state index contributed by atoms with van der Waals surface area (Å²) in [5.41, 5.74) is 2.71. The first-order valence-electron chi connectivity index (χ1n) is 8.04. The van der Waals surface area contributed by atoms with Gasteiger partial charge in [-0.15, -0.1) is 0 Å². The molecule has 126 valence electrons. The predicted octanol–water partition coefficient (Wildman–Crippen LogP) is 2.26. The van der Waals surface area contributed by atoms with Crippen LogP contribution in [-0.4, -0.2) is 35.8 Å². The Hall–Kier alpha value is -3.33. The van der Waals surface area contributed by atoms with E-state index in [0.717, 1.165) is 11.4 Å². The molecule has 0 aromatic heterocycles. The molecule has 1 heterocycles. The number of benzene rings is 2. The lowest BCUT2D eigenvalue weighted by molar-refractivity contribution is -0.127. The van der Waals surface area contributed by atoms with E-state index in [1.807, 2.05) is 18.2 Å². The van der Waals surface area contributed by atoms with Gasteiger partial charge < -0.3 is 15.5 Å². The second-order valence-corrected chi connectivity index (χ2v) is 5.86. The lowest BCUT2D eigenvalue weighted by Crippen LogP contribution is -2.55. The van der Waals surface area contributed by atoms with Gasteiger partial charge in [0.05, 0.1) is 11.6 Å². The van der Waals surface area contributed by atoms with E-state index in [1.54, 1.807) is 42.2 Å². The third kappa shape index (κ3) is 3.61. The highest BCUT2D eigenvalue weighted by molar-refractivity contribution is 5.98. The highest BCUT2D eigenvalue weighted by atomic mass is 16.2. The molecule has 0 radical (unpaired) electrons. The molecule has 2 aromatic carbocycles. The Morgan fingerprint density at radius 1 is 1.24 bits per heavy atom. The van der Waals surface area contributed by atoms with Crippen molar-refractivity contribution >= 4 is 23.2 Å². The summed E-state index contributed by atoms with van der Waals surface area (Å²) in [6.45, 7) is 2.70. The predicted molar refractivity (Wildman–Crippen MR) is 94.4 cm³/mol. The SMILES string of the molecule is C[C@H]1C(=O)NCCN1C(=O)c1cccc(Nc2ccc(C#N)cc2)c1. The molecule has 2 aromatic rings. The Kier molecular flexibility index (Phi) is 4.66. The fourth-order valence-electron chi connectivity index (χ4n) is 2.75. The summed E-state index contributed by atoms with van der Waals surface area (Å²) in [4.78, 5) is 26.1. The molecule has 0 saturated carbocycles. The number of anilines is 2. The third-order valence-corrected chi connectivity index (χ3v) is 4.17. The van der Waals surface area contributed by atoms with Crippen molar-refractivity contribution in [1.29, 1.82) is 5.26 Å². The smallest absolute Gasteiger partial charge is 0.254 e. The summed E-state index contributed by atoms with van der Waals surface area (Å²) >= 11 is 0. The molecular formula is C19H18N4O2. The zero-order chi connectivity index (χ0) is 17.8. The van der Waals surface area contributed by atoms with Crippen LogP contribution in [0.1, 0.15) is 22.8 Å². The summed E-state index contributed by atoms with van der Waals surface area (Å²) in [5.74, 6) is -0.294. The number of nitrogens with zero attached hydrogens (tertiary/aromatic N) is 2. The number of amides is 2. The maximum Gasteiger partial charge on any atom is 0.254 e. The number of hydrogen-bond donors (Lipinski definition) is 2. The van der Waals surface area contributed by atoms with Crippen molar-refractivity contribution in [2.45, 2.75) is 13.0 Å². The quantitative estimate of drug-likeness (QED) is 0.901. The number of hydrogen-bond acceptors (Lipinski definition) is 4. The third-order valence-electron chi connectivity index (χ3n) is 4.17. The van der Waals surface area contributed by atoms with Gasteiger partial charge in [-0.05, 0) is 49.4 Å². The van der Waals surface area contributed by atoms with Gasteiger partial charge in [-0.25, -0.2) is 0 Å². The van der Waals surface area contributed by atoms with Gasteiger partial charge in [-0.2, -0.15) is 5.26 Å². The molecule has 3 rings (SSSR count). The van der Waals surface area contributed by atoms with Gasteiger partial charge in [0.1, 0.15) is 6.04 Å². The Bertz CT molecular complexity index is 839. The fourth-order valence-corrected chi connectivity index (χ4v) is 2.75. The van der Waals surface area contributed by atoms with E-state index in [2.05, 4.69) is 16.7 Å². The molecule has 6 nitrogen and oxygen atoms in total. The minimum absolute atomic E-state index is 0.133. The molecule has 6 heteroatoms. The van der Waals surface area contributed by atoms with Gasteiger partial charge in [-0.3, -0.25) is 9.59 Å². The number of rotatable bonds is 3. The highest BCUT2D eigenvalue weighted by Gasteiger charge is 2.29. The van der Waals surface area contributed by atoms with Crippen LogP contribution in [0, 0.1) is 11.3 Å². The average molecular weight is 334 g/mol. The molecule has 1 fully saturated rings. The van der Waals surface area contributed by atoms with Gasteiger partial charge in [0.2, 0.25) is 5.91 Å². The van der Waals surface area contributed by atoms with E-state index >= 15 is 0 Å². The van der Waals surface area contributed by atoms with Crippen LogP contribution in [-0.2, 0) is 4.79 Å². The van der Waals surface area contributed by atoms with Crippen LogP contribution in [0.25, 0.3) is 0 Å². The molecule has 1 aliphatic rings. The van der Waals surface area contributed by atoms with Crippen LogP contribution < -0.4 is 10.6 Å². The normalized spacial score (nSPS) is 16.7. The van der Waals surface area contributed by atoms with Crippen LogP contribution in [0.4, 0.5) is 11.4 Å². The summed E-state index contributed by atoms with van der Waals surface area (Å²) in [6.07, 6.45) is 0. The summed E-state index contributed by atoms with van der Waals surface area (Å²) in [6, 6.07) is 15.8. The van der Waals surface area contributed by atoms with Gasteiger partial charge in [0.25, 0.3) is 5.91 Å². The summed E-state index contributed by atoms with van der Waals surface area (Å²) in [5, 5.41) is 14.8. The van der Waals surface area contributed by atoms with Gasteiger partial charge in [-0.1, -0.05) is 6.07 Å². The van der Waals surface area contributed by atoms with Crippen LogP contribution in [0.3, 0.4) is 0 Å². The molecule has 0 spiro atoms. The molecule has 0 unspecified atom stereocenters. The summed E-state index contributed by atoms with van der Waals surface area (Å²) in [7, 11) is 0. The van der Waals surface area contributed by atoms with Crippen LogP contribution >= 0.6 is 0 Å². The van der Waals surface area contributed by atoms with Crippen LogP contribution in [0.5, 0.6) is 0 Å². The molecule has 2 N–H and O–H groups in total.